The molecule has 152 valence electrons. The van der Waals surface area contributed by atoms with Gasteiger partial charge in [-0.15, -0.1) is 0 Å². The molecule has 2 rings (SSSR count). The van der Waals surface area contributed by atoms with Crippen molar-refractivity contribution in [1.29, 1.82) is 0 Å². The fourth-order valence-corrected chi connectivity index (χ4v) is 3.01. The highest BCUT2D eigenvalue weighted by Crippen LogP contribution is 2.19. The van der Waals surface area contributed by atoms with Crippen LogP contribution in [0.2, 0.25) is 0 Å². The van der Waals surface area contributed by atoms with Crippen molar-refractivity contribution in [3.63, 3.8) is 0 Å². The predicted molar refractivity (Wildman–Crippen MR) is 98.2 cm³/mol. The molecule has 1 aromatic carbocycles. The van der Waals surface area contributed by atoms with Crippen molar-refractivity contribution < 1.29 is 29.4 Å². The molecule has 2 atom stereocenters. The van der Waals surface area contributed by atoms with Crippen molar-refractivity contribution >= 4 is 23.7 Å². The maximum absolute atomic E-state index is 12.7. The number of carboxylic acid groups (broad SMARTS) is 1. The van der Waals surface area contributed by atoms with Gasteiger partial charge in [-0.1, -0.05) is 12.1 Å². The van der Waals surface area contributed by atoms with Gasteiger partial charge >= 0.3 is 5.97 Å². The van der Waals surface area contributed by atoms with E-state index in [9.17, 15) is 24.3 Å². The number of nitrogens with zero attached hydrogens (tertiary/aromatic N) is 1. The molecular formula is C18H24N4O6. The molecule has 0 bridgehead atoms. The van der Waals surface area contributed by atoms with Gasteiger partial charge in [0, 0.05) is 6.54 Å². The first-order chi connectivity index (χ1) is 13.3. The summed E-state index contributed by atoms with van der Waals surface area (Å²) in [5, 5.41) is 22.4. The maximum Gasteiger partial charge on any atom is 0.322 e. The van der Waals surface area contributed by atoms with Crippen LogP contribution in [0, 0.1) is 0 Å². The topological polar surface area (TPSA) is 162 Å². The molecular weight excluding hydrogens is 368 g/mol. The third-order valence-corrected chi connectivity index (χ3v) is 4.41. The highest BCUT2D eigenvalue weighted by atomic mass is 16.4. The quantitative estimate of drug-likeness (QED) is 0.362. The maximum atomic E-state index is 12.7. The Morgan fingerprint density at radius 2 is 1.82 bits per heavy atom. The van der Waals surface area contributed by atoms with Crippen LogP contribution in [0.3, 0.4) is 0 Å². The van der Waals surface area contributed by atoms with E-state index in [0.717, 1.165) is 5.56 Å². The Hall–Kier alpha value is -3.14. The zero-order valence-corrected chi connectivity index (χ0v) is 15.3. The van der Waals surface area contributed by atoms with Gasteiger partial charge in [-0.3, -0.25) is 19.2 Å². The number of rotatable bonds is 8. The molecule has 10 heteroatoms. The van der Waals surface area contributed by atoms with Gasteiger partial charge in [0.2, 0.25) is 17.7 Å². The van der Waals surface area contributed by atoms with E-state index in [0.29, 0.717) is 19.4 Å². The number of amides is 3. The van der Waals surface area contributed by atoms with E-state index in [4.69, 9.17) is 10.8 Å². The number of hydrogen-bond acceptors (Lipinski definition) is 6. The molecule has 10 nitrogen and oxygen atoms in total. The second kappa shape index (κ2) is 9.70. The molecule has 1 aliphatic heterocycles. The minimum absolute atomic E-state index is 0.118. The van der Waals surface area contributed by atoms with E-state index in [1.54, 1.807) is 12.1 Å². The first kappa shape index (κ1) is 21.2. The summed E-state index contributed by atoms with van der Waals surface area (Å²) in [6, 6.07) is 4.81. The second-order valence-electron chi connectivity index (χ2n) is 6.55. The number of phenolic OH excluding ortho intramolecular Hbond substituents is 1. The summed E-state index contributed by atoms with van der Waals surface area (Å²) in [6.07, 6.45) is 1.36. The lowest BCUT2D eigenvalue weighted by molar-refractivity contribution is -0.140. The molecule has 3 amide bonds. The first-order valence-electron chi connectivity index (χ1n) is 8.88. The third-order valence-electron chi connectivity index (χ3n) is 4.41. The number of likely N-dealkylation sites (tertiary alicyclic amines) is 1. The van der Waals surface area contributed by atoms with Gasteiger partial charge in [0.25, 0.3) is 0 Å². The molecule has 1 saturated heterocycles. The number of aliphatic carboxylic acids is 1. The molecule has 0 spiro atoms. The van der Waals surface area contributed by atoms with Crippen molar-refractivity contribution in [3.05, 3.63) is 29.8 Å². The number of carbonyl (C=O) groups excluding carboxylic acids is 3. The molecule has 28 heavy (non-hydrogen) atoms. The van der Waals surface area contributed by atoms with Crippen molar-refractivity contribution in [2.75, 3.05) is 19.6 Å². The number of phenols is 1. The Balaban J connectivity index is 1.88. The van der Waals surface area contributed by atoms with E-state index in [2.05, 4.69) is 10.6 Å². The van der Waals surface area contributed by atoms with Crippen LogP contribution in [0.25, 0.3) is 0 Å². The van der Waals surface area contributed by atoms with Gasteiger partial charge in [0.1, 0.15) is 18.3 Å². The van der Waals surface area contributed by atoms with Gasteiger partial charge in [0.15, 0.2) is 0 Å². The van der Waals surface area contributed by atoms with Crippen LogP contribution in [-0.4, -0.2) is 70.5 Å². The minimum Gasteiger partial charge on any atom is -0.508 e. The molecule has 0 radical (unpaired) electrons. The number of aromatic hydroxyl groups is 1. The molecule has 0 aromatic heterocycles. The number of nitrogens with one attached hydrogen (secondary N) is 2. The van der Waals surface area contributed by atoms with Crippen LogP contribution in [0.5, 0.6) is 5.75 Å². The van der Waals surface area contributed by atoms with Gasteiger partial charge in [-0.2, -0.15) is 0 Å². The van der Waals surface area contributed by atoms with Crippen molar-refractivity contribution in [1.82, 2.24) is 15.5 Å². The van der Waals surface area contributed by atoms with Crippen LogP contribution in [0.4, 0.5) is 0 Å². The highest BCUT2D eigenvalue weighted by molar-refractivity contribution is 5.92. The van der Waals surface area contributed by atoms with E-state index in [1.165, 1.54) is 17.0 Å². The average molecular weight is 392 g/mol. The van der Waals surface area contributed by atoms with Gasteiger partial charge in [-0.25, -0.2) is 0 Å². The zero-order valence-electron chi connectivity index (χ0n) is 15.3. The fraction of sp³-hybridized carbons (Fsp3) is 0.444. The summed E-state index contributed by atoms with van der Waals surface area (Å²) < 4.78 is 0. The second-order valence-corrected chi connectivity index (χ2v) is 6.55. The fourth-order valence-electron chi connectivity index (χ4n) is 3.01. The Bertz CT molecular complexity index is 736. The van der Waals surface area contributed by atoms with Crippen molar-refractivity contribution in [2.45, 2.75) is 31.3 Å². The number of carboxylic acids is 1. The number of nitrogens with two attached hydrogens (primary N) is 1. The summed E-state index contributed by atoms with van der Waals surface area (Å²) in [5.41, 5.74) is 6.80. The van der Waals surface area contributed by atoms with Crippen molar-refractivity contribution in [3.8, 4) is 5.75 Å². The standard InChI is InChI=1S/C18H24N4O6/c19-13(8-11-3-5-12(23)6-4-11)18(28)22-7-1-2-14(22)17(27)21-9-15(24)20-10-16(25)26/h3-6,13-14,23H,1-2,7-10,19H2,(H,20,24)(H,21,27)(H,25,26)/t13-,14-/m0/s1. The number of benzene rings is 1. The van der Waals surface area contributed by atoms with Gasteiger partial charge in [0.05, 0.1) is 12.6 Å². The van der Waals surface area contributed by atoms with E-state index in [1.807, 2.05) is 0 Å². The molecule has 1 aromatic rings. The highest BCUT2D eigenvalue weighted by Gasteiger charge is 2.36. The monoisotopic (exact) mass is 392 g/mol. The predicted octanol–water partition coefficient (Wildman–Crippen LogP) is -1.43. The summed E-state index contributed by atoms with van der Waals surface area (Å²) in [7, 11) is 0. The van der Waals surface area contributed by atoms with Crippen molar-refractivity contribution in [2.24, 2.45) is 5.73 Å². The van der Waals surface area contributed by atoms with Crippen LogP contribution in [0.1, 0.15) is 18.4 Å². The van der Waals surface area contributed by atoms with Crippen LogP contribution >= 0.6 is 0 Å². The van der Waals surface area contributed by atoms with Gasteiger partial charge in [-0.05, 0) is 37.0 Å². The smallest absolute Gasteiger partial charge is 0.322 e. The van der Waals surface area contributed by atoms with Crippen LogP contribution in [-0.2, 0) is 25.6 Å². The zero-order chi connectivity index (χ0) is 20.7. The normalized spacial score (nSPS) is 17.0. The lowest BCUT2D eigenvalue weighted by atomic mass is 10.0. The Morgan fingerprint density at radius 3 is 2.46 bits per heavy atom. The molecule has 1 aliphatic rings. The van der Waals surface area contributed by atoms with E-state index >= 15 is 0 Å². The first-order valence-corrected chi connectivity index (χ1v) is 8.88. The summed E-state index contributed by atoms with van der Waals surface area (Å²) in [4.78, 5) is 48.4. The summed E-state index contributed by atoms with van der Waals surface area (Å²) in [5.74, 6) is -2.54. The van der Waals surface area contributed by atoms with Crippen LogP contribution < -0.4 is 16.4 Å². The molecule has 6 N–H and O–H groups in total. The Labute approximate surface area is 161 Å². The molecule has 0 saturated carbocycles. The van der Waals surface area contributed by atoms with Crippen LogP contribution in [0.15, 0.2) is 24.3 Å². The minimum atomic E-state index is -1.19. The summed E-state index contributed by atoms with van der Waals surface area (Å²) >= 11 is 0. The molecule has 0 unspecified atom stereocenters. The Kier molecular flexibility index (Phi) is 7.33. The molecule has 0 aliphatic carbocycles. The van der Waals surface area contributed by atoms with E-state index < -0.39 is 36.4 Å². The average Bonchev–Trinajstić information content (AvgIpc) is 3.15. The molecule has 1 heterocycles. The van der Waals surface area contributed by atoms with Gasteiger partial charge < -0.3 is 31.5 Å². The van der Waals surface area contributed by atoms with E-state index in [-0.39, 0.29) is 24.6 Å². The SMILES string of the molecule is N[C@@H](Cc1ccc(O)cc1)C(=O)N1CCC[C@H]1C(=O)NCC(=O)NCC(=O)O. The number of carbonyl (C=O) groups is 4. The third kappa shape index (κ3) is 5.95. The lowest BCUT2D eigenvalue weighted by Crippen LogP contribution is -2.52. The summed E-state index contributed by atoms with van der Waals surface area (Å²) in [6.45, 7) is -0.509. The largest absolute Gasteiger partial charge is 0.508 e. The lowest BCUT2D eigenvalue weighted by Gasteiger charge is -2.26. The Morgan fingerprint density at radius 1 is 1.14 bits per heavy atom. The number of hydrogen-bond donors (Lipinski definition) is 5. The molecule has 1 fully saturated rings.